The zero-order valence-corrected chi connectivity index (χ0v) is 16.2. The number of ether oxygens (including phenoxy) is 3. The van der Waals surface area contributed by atoms with E-state index >= 15 is 0 Å². The first-order chi connectivity index (χ1) is 13.3. The van der Waals surface area contributed by atoms with E-state index < -0.39 is 0 Å². The molecule has 4 rings (SSSR count). The largest absolute Gasteiger partial charge is 0.454 e. The number of rotatable bonds is 8. The number of thioether (sulfide) groups is 1. The summed E-state index contributed by atoms with van der Waals surface area (Å²) >= 11 is 2.83. The van der Waals surface area contributed by atoms with E-state index in [0.29, 0.717) is 18.0 Å². The van der Waals surface area contributed by atoms with Gasteiger partial charge in [-0.15, -0.1) is 10.2 Å². The minimum absolute atomic E-state index is 0.0540. The molecule has 8 nitrogen and oxygen atoms in total. The molecule has 0 spiro atoms. The second-order valence-electron chi connectivity index (χ2n) is 6.14. The maximum atomic E-state index is 12.1. The van der Waals surface area contributed by atoms with Crippen molar-refractivity contribution < 1.29 is 19.0 Å². The van der Waals surface area contributed by atoms with Gasteiger partial charge in [-0.2, -0.15) is 0 Å². The van der Waals surface area contributed by atoms with Crippen molar-refractivity contribution in [1.29, 1.82) is 0 Å². The molecule has 1 saturated heterocycles. The van der Waals surface area contributed by atoms with Gasteiger partial charge < -0.3 is 24.8 Å². The van der Waals surface area contributed by atoms with Crippen molar-refractivity contribution in [2.24, 2.45) is 0 Å². The van der Waals surface area contributed by atoms with Crippen LogP contribution in [0.5, 0.6) is 11.5 Å². The first-order valence-electron chi connectivity index (χ1n) is 8.73. The van der Waals surface area contributed by atoms with Crippen LogP contribution in [0.15, 0.2) is 22.5 Å². The Morgan fingerprint density at radius 3 is 3.11 bits per heavy atom. The van der Waals surface area contributed by atoms with E-state index in [1.54, 1.807) is 0 Å². The van der Waals surface area contributed by atoms with E-state index in [9.17, 15) is 4.79 Å². The van der Waals surface area contributed by atoms with E-state index in [1.165, 1.54) is 23.1 Å². The highest BCUT2D eigenvalue weighted by Crippen LogP contribution is 2.32. The molecule has 0 aliphatic carbocycles. The van der Waals surface area contributed by atoms with Crippen LogP contribution in [-0.4, -0.2) is 47.9 Å². The van der Waals surface area contributed by atoms with Crippen LogP contribution in [0.4, 0.5) is 5.13 Å². The SMILES string of the molecule is O=C(CSc1nnc(NCC2CCCO2)s1)NCc1ccc2c(c1)OCO2. The molecule has 2 aliphatic rings. The molecule has 3 heterocycles. The zero-order valence-electron chi connectivity index (χ0n) is 14.6. The molecule has 1 aromatic carbocycles. The highest BCUT2D eigenvalue weighted by atomic mass is 32.2. The molecule has 1 amide bonds. The summed E-state index contributed by atoms with van der Waals surface area (Å²) in [6, 6.07) is 5.65. The minimum atomic E-state index is -0.0540. The molecule has 10 heteroatoms. The molecule has 144 valence electrons. The first kappa shape index (κ1) is 18.3. The van der Waals surface area contributed by atoms with Crippen molar-refractivity contribution in [2.75, 3.05) is 31.0 Å². The van der Waals surface area contributed by atoms with Crippen LogP contribution in [0, 0.1) is 0 Å². The number of benzene rings is 1. The Hall–Kier alpha value is -2.04. The van der Waals surface area contributed by atoms with Gasteiger partial charge in [-0.3, -0.25) is 4.79 Å². The molecule has 0 saturated carbocycles. The number of carbonyl (C=O) groups is 1. The quantitative estimate of drug-likeness (QED) is 0.643. The molecule has 0 radical (unpaired) electrons. The number of hydrogen-bond donors (Lipinski definition) is 2. The lowest BCUT2D eigenvalue weighted by Gasteiger charge is -2.08. The number of carbonyl (C=O) groups excluding carboxylic acids is 1. The van der Waals surface area contributed by atoms with Gasteiger partial charge in [0.1, 0.15) is 0 Å². The summed E-state index contributed by atoms with van der Waals surface area (Å²) in [4.78, 5) is 12.1. The normalized spacial score (nSPS) is 17.9. The summed E-state index contributed by atoms with van der Waals surface area (Å²) in [5.74, 6) is 1.70. The summed E-state index contributed by atoms with van der Waals surface area (Å²) in [6.45, 7) is 2.27. The molecule has 27 heavy (non-hydrogen) atoms. The minimum Gasteiger partial charge on any atom is -0.454 e. The Bertz CT molecular complexity index is 795. The van der Waals surface area contributed by atoms with Crippen molar-refractivity contribution in [3.63, 3.8) is 0 Å². The van der Waals surface area contributed by atoms with E-state index in [1.807, 2.05) is 18.2 Å². The van der Waals surface area contributed by atoms with Gasteiger partial charge in [-0.05, 0) is 30.5 Å². The molecule has 1 atom stereocenters. The van der Waals surface area contributed by atoms with Gasteiger partial charge in [0, 0.05) is 19.7 Å². The van der Waals surface area contributed by atoms with E-state index in [2.05, 4.69) is 20.8 Å². The van der Waals surface area contributed by atoms with E-state index in [0.717, 1.165) is 46.8 Å². The fourth-order valence-corrected chi connectivity index (χ4v) is 4.36. The van der Waals surface area contributed by atoms with Crippen LogP contribution in [-0.2, 0) is 16.1 Å². The third-order valence-corrected chi connectivity index (χ3v) is 6.18. The van der Waals surface area contributed by atoms with Gasteiger partial charge in [0.2, 0.25) is 17.8 Å². The molecule has 2 aliphatic heterocycles. The number of nitrogens with one attached hydrogen (secondary N) is 2. The van der Waals surface area contributed by atoms with Crippen LogP contribution in [0.25, 0.3) is 0 Å². The number of hydrogen-bond acceptors (Lipinski definition) is 9. The Morgan fingerprint density at radius 1 is 1.30 bits per heavy atom. The zero-order chi connectivity index (χ0) is 18.5. The van der Waals surface area contributed by atoms with Gasteiger partial charge in [-0.1, -0.05) is 29.2 Å². The number of amides is 1. The maximum absolute atomic E-state index is 12.1. The number of aromatic nitrogens is 2. The molecular formula is C17H20N4O4S2. The predicted octanol–water partition coefficient (Wildman–Crippen LogP) is 2.27. The van der Waals surface area contributed by atoms with Gasteiger partial charge in [0.25, 0.3) is 0 Å². The average molecular weight is 409 g/mol. The second kappa shape index (κ2) is 8.77. The molecular weight excluding hydrogens is 388 g/mol. The Morgan fingerprint density at radius 2 is 2.22 bits per heavy atom. The standard InChI is InChI=1S/C17H20N4O4S2/c22-15(18-7-11-3-4-13-14(6-11)25-10-24-13)9-26-17-21-20-16(27-17)19-8-12-2-1-5-23-12/h3-4,6,12H,1-2,5,7-10H2,(H,18,22)(H,19,20). The van der Waals surface area contributed by atoms with Crippen LogP contribution in [0.3, 0.4) is 0 Å². The average Bonchev–Trinajstić information content (AvgIpc) is 3.44. The lowest BCUT2D eigenvalue weighted by molar-refractivity contribution is -0.118. The van der Waals surface area contributed by atoms with Crippen molar-refractivity contribution in [3.8, 4) is 11.5 Å². The molecule has 2 N–H and O–H groups in total. The lowest BCUT2D eigenvalue weighted by atomic mass is 10.2. The van der Waals surface area contributed by atoms with Gasteiger partial charge in [-0.25, -0.2) is 0 Å². The number of fused-ring (bicyclic) bond motifs is 1. The smallest absolute Gasteiger partial charge is 0.231 e. The number of nitrogens with zero attached hydrogens (tertiary/aromatic N) is 2. The van der Waals surface area contributed by atoms with Crippen LogP contribution in [0.2, 0.25) is 0 Å². The molecule has 2 aromatic rings. The molecule has 1 aromatic heterocycles. The molecule has 1 unspecified atom stereocenters. The summed E-state index contributed by atoms with van der Waals surface area (Å²) in [5, 5.41) is 15.1. The lowest BCUT2D eigenvalue weighted by Crippen LogP contribution is -2.24. The summed E-state index contributed by atoms with van der Waals surface area (Å²) in [7, 11) is 0. The summed E-state index contributed by atoms with van der Waals surface area (Å²) < 4.78 is 17.0. The van der Waals surface area contributed by atoms with Crippen LogP contribution < -0.4 is 20.1 Å². The number of anilines is 1. The van der Waals surface area contributed by atoms with Crippen LogP contribution in [0.1, 0.15) is 18.4 Å². The summed E-state index contributed by atoms with van der Waals surface area (Å²) in [5.41, 5.74) is 0.967. The molecule has 1 fully saturated rings. The highest BCUT2D eigenvalue weighted by Gasteiger charge is 2.16. The van der Waals surface area contributed by atoms with Gasteiger partial charge in [0.05, 0.1) is 11.9 Å². The Kier molecular flexibility index (Phi) is 5.95. The topological polar surface area (TPSA) is 94.6 Å². The predicted molar refractivity (Wildman–Crippen MR) is 103 cm³/mol. The third-order valence-electron chi connectivity index (χ3n) is 4.16. The van der Waals surface area contributed by atoms with Gasteiger partial charge >= 0.3 is 0 Å². The molecule has 0 bridgehead atoms. The van der Waals surface area contributed by atoms with E-state index in [-0.39, 0.29) is 18.8 Å². The first-order valence-corrected chi connectivity index (χ1v) is 10.5. The maximum Gasteiger partial charge on any atom is 0.231 e. The fraction of sp³-hybridized carbons (Fsp3) is 0.471. The fourth-order valence-electron chi connectivity index (χ4n) is 2.78. The second-order valence-corrected chi connectivity index (χ2v) is 8.34. The monoisotopic (exact) mass is 408 g/mol. The Labute approximate surface area is 165 Å². The van der Waals surface area contributed by atoms with Crippen molar-refractivity contribution in [1.82, 2.24) is 15.5 Å². The van der Waals surface area contributed by atoms with E-state index in [4.69, 9.17) is 14.2 Å². The highest BCUT2D eigenvalue weighted by molar-refractivity contribution is 8.01. The van der Waals surface area contributed by atoms with Gasteiger partial charge in [0.15, 0.2) is 15.8 Å². The third kappa shape index (κ3) is 5.02. The van der Waals surface area contributed by atoms with Crippen molar-refractivity contribution >= 4 is 34.1 Å². The Balaban J connectivity index is 1.18. The van der Waals surface area contributed by atoms with Crippen molar-refractivity contribution in [2.45, 2.75) is 29.8 Å². The van der Waals surface area contributed by atoms with Crippen molar-refractivity contribution in [3.05, 3.63) is 23.8 Å². The summed E-state index contributed by atoms with van der Waals surface area (Å²) in [6.07, 6.45) is 2.45. The van der Waals surface area contributed by atoms with Crippen LogP contribution >= 0.6 is 23.1 Å².